The van der Waals surface area contributed by atoms with Crippen molar-refractivity contribution in [1.82, 2.24) is 29.3 Å². The first-order valence-electron chi connectivity index (χ1n) is 13.2. The minimum Gasteiger partial charge on any atom is -0.477 e. The van der Waals surface area contributed by atoms with Crippen LogP contribution >= 0.6 is 0 Å². The maximum absolute atomic E-state index is 13.4. The Morgan fingerprint density at radius 3 is 2.79 bits per heavy atom. The van der Waals surface area contributed by atoms with Crippen molar-refractivity contribution >= 4 is 21.7 Å². The van der Waals surface area contributed by atoms with Crippen LogP contribution in [0.1, 0.15) is 56.8 Å². The summed E-state index contributed by atoms with van der Waals surface area (Å²) in [6.45, 7) is 7.99. The molecular formula is C26H33N7O5S. The lowest BCUT2D eigenvalue weighted by molar-refractivity contribution is 0.0551. The summed E-state index contributed by atoms with van der Waals surface area (Å²) in [5.41, 5.74) is 0.136. The van der Waals surface area contributed by atoms with Crippen molar-refractivity contribution in [3.8, 4) is 11.7 Å². The van der Waals surface area contributed by atoms with E-state index in [1.807, 2.05) is 4.90 Å². The van der Waals surface area contributed by atoms with Crippen LogP contribution in [-0.2, 0) is 21.3 Å². The molecule has 6 rings (SSSR count). The maximum Gasteiger partial charge on any atom is 0.281 e. The van der Waals surface area contributed by atoms with Gasteiger partial charge in [0.05, 0.1) is 37.6 Å². The number of nitrogens with one attached hydrogen (secondary N) is 1. The third-order valence-electron chi connectivity index (χ3n) is 7.90. The number of hydrogen-bond donors (Lipinski definition) is 1. The smallest absolute Gasteiger partial charge is 0.281 e. The highest BCUT2D eigenvalue weighted by molar-refractivity contribution is 7.90. The van der Waals surface area contributed by atoms with Gasteiger partial charge in [0.1, 0.15) is 5.82 Å². The topological polar surface area (TPSA) is 133 Å². The molecule has 1 unspecified atom stereocenters. The van der Waals surface area contributed by atoms with E-state index in [-0.39, 0.29) is 29.8 Å². The standard InChI is InChI=1S/C26H33N7O5S/c1-25(2)16-18-17-31(25)23-19(24(34)30-39(35,36)22-6-11-27-33(22)13-15-37-18)4-5-20(28-23)32-12-7-21(29-32)38-14-10-26(3)8-9-26/h4-7,11-12,18H,8-10,13-17H2,1-3H3,(H,30,34). The minimum atomic E-state index is -4.18. The number of hydrogen-bond acceptors (Lipinski definition) is 9. The molecule has 3 aliphatic rings. The number of carbonyl (C=O) groups is 1. The first-order valence-corrected chi connectivity index (χ1v) is 14.7. The van der Waals surface area contributed by atoms with Gasteiger partial charge in [-0.05, 0) is 63.1 Å². The van der Waals surface area contributed by atoms with Gasteiger partial charge in [-0.1, -0.05) is 6.92 Å². The van der Waals surface area contributed by atoms with Gasteiger partial charge in [0.25, 0.3) is 15.9 Å². The second-order valence-corrected chi connectivity index (χ2v) is 13.1. The zero-order chi connectivity index (χ0) is 27.4. The quantitative estimate of drug-likeness (QED) is 0.504. The van der Waals surface area contributed by atoms with Crippen LogP contribution in [0.4, 0.5) is 5.82 Å². The lowest BCUT2D eigenvalue weighted by Gasteiger charge is -2.33. The summed E-state index contributed by atoms with van der Waals surface area (Å²) < 4.78 is 43.4. The summed E-state index contributed by atoms with van der Waals surface area (Å²) in [4.78, 5) is 20.3. The van der Waals surface area contributed by atoms with E-state index in [0.717, 1.165) is 6.42 Å². The van der Waals surface area contributed by atoms with Crippen LogP contribution in [0.2, 0.25) is 0 Å². The molecule has 5 heterocycles. The molecular weight excluding hydrogens is 522 g/mol. The molecule has 0 aromatic carbocycles. The van der Waals surface area contributed by atoms with Gasteiger partial charge in [-0.25, -0.2) is 14.4 Å². The van der Waals surface area contributed by atoms with Crippen LogP contribution in [0, 0.1) is 5.41 Å². The number of ether oxygens (including phenoxy) is 2. The molecule has 3 aromatic heterocycles. The lowest BCUT2D eigenvalue weighted by Crippen LogP contribution is -2.41. The number of amides is 1. The van der Waals surface area contributed by atoms with Gasteiger partial charge in [0.2, 0.25) is 5.88 Å². The van der Waals surface area contributed by atoms with Crippen molar-refractivity contribution in [2.75, 3.05) is 24.7 Å². The van der Waals surface area contributed by atoms with Gasteiger partial charge < -0.3 is 14.4 Å². The average Bonchev–Trinajstić information content (AvgIpc) is 3.24. The van der Waals surface area contributed by atoms with Gasteiger partial charge in [0, 0.05) is 24.3 Å². The fourth-order valence-corrected chi connectivity index (χ4v) is 6.36. The molecule has 1 saturated carbocycles. The van der Waals surface area contributed by atoms with E-state index >= 15 is 0 Å². The van der Waals surface area contributed by atoms with Crippen LogP contribution in [0.15, 0.2) is 41.7 Å². The fraction of sp³-hybridized carbons (Fsp3) is 0.538. The number of pyridine rings is 1. The van der Waals surface area contributed by atoms with E-state index in [1.54, 1.807) is 29.1 Å². The molecule has 1 aliphatic carbocycles. The van der Waals surface area contributed by atoms with Crippen LogP contribution in [0.5, 0.6) is 5.88 Å². The normalized spacial score (nSPS) is 23.0. The van der Waals surface area contributed by atoms with Gasteiger partial charge in [-0.3, -0.25) is 9.48 Å². The molecule has 1 atom stereocenters. The van der Waals surface area contributed by atoms with Crippen LogP contribution in [0.3, 0.4) is 0 Å². The first kappa shape index (κ1) is 25.8. The third-order valence-corrected chi connectivity index (χ3v) is 9.25. The van der Waals surface area contributed by atoms with Crippen LogP contribution in [-0.4, -0.2) is 70.3 Å². The molecule has 1 amide bonds. The Bertz CT molecular complexity index is 1510. The average molecular weight is 556 g/mol. The zero-order valence-corrected chi connectivity index (χ0v) is 23.1. The monoisotopic (exact) mass is 555 g/mol. The van der Waals surface area contributed by atoms with E-state index in [0.29, 0.717) is 42.5 Å². The molecule has 1 saturated heterocycles. The molecule has 12 nitrogen and oxygen atoms in total. The Kier molecular flexibility index (Phi) is 6.18. The second kappa shape index (κ2) is 9.33. The highest BCUT2D eigenvalue weighted by Crippen LogP contribution is 2.48. The number of fused-ring (bicyclic) bond motifs is 5. The first-order chi connectivity index (χ1) is 18.5. The molecule has 1 N–H and O–H groups in total. The van der Waals surface area contributed by atoms with Crippen molar-refractivity contribution in [2.45, 2.75) is 69.7 Å². The molecule has 0 spiro atoms. The number of carbonyl (C=O) groups excluding carboxylic acids is 1. The van der Waals surface area contributed by atoms with E-state index in [1.165, 1.54) is 29.8 Å². The second-order valence-electron chi connectivity index (χ2n) is 11.5. The van der Waals surface area contributed by atoms with Crippen molar-refractivity contribution in [3.63, 3.8) is 0 Å². The van der Waals surface area contributed by atoms with Crippen molar-refractivity contribution in [3.05, 3.63) is 42.2 Å². The number of anilines is 1. The van der Waals surface area contributed by atoms with E-state index in [4.69, 9.17) is 14.5 Å². The van der Waals surface area contributed by atoms with Crippen LogP contribution in [0.25, 0.3) is 5.82 Å². The Hall–Kier alpha value is -3.45. The molecule has 2 bridgehead atoms. The van der Waals surface area contributed by atoms with Gasteiger partial charge in [0.15, 0.2) is 10.8 Å². The third kappa shape index (κ3) is 5.12. The predicted octanol–water partition coefficient (Wildman–Crippen LogP) is 2.54. The predicted molar refractivity (Wildman–Crippen MR) is 141 cm³/mol. The molecule has 39 heavy (non-hydrogen) atoms. The SMILES string of the molecule is CC1(CCOc2ccn(-c3ccc4c(n3)N3CC(CC3(C)C)OCCn3nccc3S(=O)(=O)NC4=O)n2)CC1. The summed E-state index contributed by atoms with van der Waals surface area (Å²) in [5.74, 6) is 0.578. The summed E-state index contributed by atoms with van der Waals surface area (Å²) >= 11 is 0. The largest absolute Gasteiger partial charge is 0.477 e. The number of sulfonamides is 1. The number of nitrogens with zero attached hydrogens (tertiary/aromatic N) is 6. The Morgan fingerprint density at radius 1 is 1.18 bits per heavy atom. The lowest BCUT2D eigenvalue weighted by atomic mass is 10.0. The summed E-state index contributed by atoms with van der Waals surface area (Å²) in [6, 6.07) is 6.37. The maximum atomic E-state index is 13.4. The van der Waals surface area contributed by atoms with Crippen molar-refractivity contribution in [1.29, 1.82) is 0 Å². The summed E-state index contributed by atoms with van der Waals surface area (Å²) in [7, 11) is -4.18. The van der Waals surface area contributed by atoms with E-state index in [9.17, 15) is 13.2 Å². The highest BCUT2D eigenvalue weighted by atomic mass is 32.2. The highest BCUT2D eigenvalue weighted by Gasteiger charge is 2.42. The number of aromatic nitrogens is 5. The van der Waals surface area contributed by atoms with Crippen LogP contribution < -0.4 is 14.4 Å². The van der Waals surface area contributed by atoms with Gasteiger partial charge in [-0.2, -0.15) is 13.5 Å². The molecule has 208 valence electrons. The number of rotatable bonds is 5. The van der Waals surface area contributed by atoms with E-state index < -0.39 is 21.5 Å². The van der Waals surface area contributed by atoms with E-state index in [2.05, 4.69) is 35.7 Å². The van der Waals surface area contributed by atoms with Crippen molar-refractivity contribution in [2.24, 2.45) is 5.41 Å². The van der Waals surface area contributed by atoms with Gasteiger partial charge in [-0.15, -0.1) is 5.10 Å². The summed E-state index contributed by atoms with van der Waals surface area (Å²) in [5, 5.41) is 8.53. The molecule has 2 fully saturated rings. The molecule has 2 aliphatic heterocycles. The Labute approximate surface area is 227 Å². The Balaban J connectivity index is 1.34. The molecule has 3 aromatic rings. The molecule has 13 heteroatoms. The Morgan fingerprint density at radius 2 is 2.00 bits per heavy atom. The van der Waals surface area contributed by atoms with Crippen molar-refractivity contribution < 1.29 is 22.7 Å². The zero-order valence-electron chi connectivity index (χ0n) is 22.3. The molecule has 0 radical (unpaired) electrons. The minimum absolute atomic E-state index is 0.102. The fourth-order valence-electron chi connectivity index (χ4n) is 5.25. The summed E-state index contributed by atoms with van der Waals surface area (Å²) in [6.07, 6.45) is 7.20. The van der Waals surface area contributed by atoms with Gasteiger partial charge >= 0.3 is 0 Å².